The monoisotopic (exact) mass is 277 g/mol. The Morgan fingerprint density at radius 2 is 1.65 bits per heavy atom. The van der Waals surface area contributed by atoms with Crippen molar-refractivity contribution in [3.05, 3.63) is 59.7 Å². The van der Waals surface area contributed by atoms with E-state index in [4.69, 9.17) is 4.74 Å². The van der Waals surface area contributed by atoms with Gasteiger partial charge >= 0.3 is 0 Å². The summed E-state index contributed by atoms with van der Waals surface area (Å²) in [5.74, 6) is -0.934. The van der Waals surface area contributed by atoms with Gasteiger partial charge in [0.05, 0.1) is 0 Å². The minimum atomic E-state index is -0.916. The minimum absolute atomic E-state index is 0.275. The Labute approximate surface area is 117 Å². The maximum Gasteiger partial charge on any atom is 0.162 e. The molecule has 0 bridgehead atoms. The Morgan fingerprint density at radius 3 is 2.20 bits per heavy atom. The van der Waals surface area contributed by atoms with E-state index in [9.17, 15) is 8.78 Å². The first-order valence-corrected chi connectivity index (χ1v) is 6.54. The summed E-state index contributed by atoms with van der Waals surface area (Å²) in [6, 6.07) is 11.3. The molecule has 0 saturated carbocycles. The molecule has 2 aromatic carbocycles. The maximum atomic E-state index is 13.1. The standard InChI is InChI=1S/C16H17F2NO/c1-3-16(19-2)11-4-6-12(7-5-11)20-13-8-9-14(17)15(18)10-13/h4-10,16,19H,3H2,1-2H3. The first kappa shape index (κ1) is 14.5. The molecule has 20 heavy (non-hydrogen) atoms. The van der Waals surface area contributed by atoms with Crippen LogP contribution in [0.25, 0.3) is 0 Å². The van der Waals surface area contributed by atoms with E-state index >= 15 is 0 Å². The molecule has 2 aromatic rings. The van der Waals surface area contributed by atoms with Gasteiger partial charge in [0, 0.05) is 12.1 Å². The van der Waals surface area contributed by atoms with E-state index in [-0.39, 0.29) is 5.75 Å². The van der Waals surface area contributed by atoms with Gasteiger partial charge in [0.1, 0.15) is 11.5 Å². The number of nitrogens with one attached hydrogen (secondary N) is 1. The topological polar surface area (TPSA) is 21.3 Å². The summed E-state index contributed by atoms with van der Waals surface area (Å²) < 4.78 is 31.4. The molecule has 0 aliphatic carbocycles. The summed E-state index contributed by atoms with van der Waals surface area (Å²) in [4.78, 5) is 0. The lowest BCUT2D eigenvalue weighted by Gasteiger charge is -2.14. The highest BCUT2D eigenvalue weighted by atomic mass is 19.2. The first-order chi connectivity index (χ1) is 9.63. The van der Waals surface area contributed by atoms with Crippen LogP contribution < -0.4 is 10.1 Å². The second-order valence-corrected chi connectivity index (χ2v) is 4.50. The average Bonchev–Trinajstić information content (AvgIpc) is 2.46. The molecule has 106 valence electrons. The second-order valence-electron chi connectivity index (χ2n) is 4.50. The number of hydrogen-bond acceptors (Lipinski definition) is 2. The molecule has 1 unspecified atom stereocenters. The fraction of sp³-hybridized carbons (Fsp3) is 0.250. The van der Waals surface area contributed by atoms with Crippen molar-refractivity contribution in [3.63, 3.8) is 0 Å². The van der Waals surface area contributed by atoms with Crippen molar-refractivity contribution < 1.29 is 13.5 Å². The summed E-state index contributed by atoms with van der Waals surface area (Å²) in [6.07, 6.45) is 0.986. The Bertz CT molecular complexity index is 565. The van der Waals surface area contributed by atoms with Gasteiger partial charge in [0.25, 0.3) is 0 Å². The summed E-state index contributed by atoms with van der Waals surface area (Å²) in [5.41, 5.74) is 1.16. The van der Waals surface area contributed by atoms with Crippen molar-refractivity contribution in [1.29, 1.82) is 0 Å². The van der Waals surface area contributed by atoms with Crippen molar-refractivity contribution in [2.75, 3.05) is 7.05 Å². The van der Waals surface area contributed by atoms with Gasteiger partial charge in [-0.1, -0.05) is 19.1 Å². The lowest BCUT2D eigenvalue weighted by molar-refractivity contribution is 0.461. The molecule has 4 heteroatoms. The third-order valence-electron chi connectivity index (χ3n) is 3.17. The van der Waals surface area contributed by atoms with Crippen molar-refractivity contribution in [3.8, 4) is 11.5 Å². The average molecular weight is 277 g/mol. The van der Waals surface area contributed by atoms with Crippen LogP contribution in [-0.2, 0) is 0 Å². The SMILES string of the molecule is CCC(NC)c1ccc(Oc2ccc(F)c(F)c2)cc1. The molecule has 2 nitrogen and oxygen atoms in total. The highest BCUT2D eigenvalue weighted by Crippen LogP contribution is 2.25. The molecule has 0 aromatic heterocycles. The molecular formula is C16H17F2NO. The van der Waals surface area contributed by atoms with Crippen LogP contribution in [0.15, 0.2) is 42.5 Å². The third kappa shape index (κ3) is 3.33. The van der Waals surface area contributed by atoms with Gasteiger partial charge in [0.15, 0.2) is 11.6 Å². The van der Waals surface area contributed by atoms with Crippen molar-refractivity contribution in [2.45, 2.75) is 19.4 Å². The summed E-state index contributed by atoms with van der Waals surface area (Å²) >= 11 is 0. The van der Waals surface area contributed by atoms with Gasteiger partial charge in [0.2, 0.25) is 0 Å². The number of rotatable bonds is 5. The van der Waals surface area contributed by atoms with Crippen LogP contribution in [0.2, 0.25) is 0 Å². The summed E-state index contributed by atoms with van der Waals surface area (Å²) in [6.45, 7) is 2.10. The molecule has 0 fully saturated rings. The molecule has 0 heterocycles. The molecule has 0 amide bonds. The largest absolute Gasteiger partial charge is 0.457 e. The molecule has 0 aliphatic rings. The fourth-order valence-corrected chi connectivity index (χ4v) is 2.05. The van der Waals surface area contributed by atoms with E-state index in [1.54, 1.807) is 0 Å². The lowest BCUT2D eigenvalue weighted by atomic mass is 10.0. The Morgan fingerprint density at radius 1 is 1.00 bits per heavy atom. The van der Waals surface area contributed by atoms with Crippen LogP contribution in [0.5, 0.6) is 11.5 Å². The van der Waals surface area contributed by atoms with E-state index < -0.39 is 11.6 Å². The Hall–Kier alpha value is -1.94. The highest BCUT2D eigenvalue weighted by molar-refractivity contribution is 5.34. The van der Waals surface area contributed by atoms with E-state index in [0.717, 1.165) is 24.1 Å². The van der Waals surface area contributed by atoms with Crippen LogP contribution >= 0.6 is 0 Å². The zero-order valence-electron chi connectivity index (χ0n) is 11.5. The first-order valence-electron chi connectivity index (χ1n) is 6.54. The van der Waals surface area contributed by atoms with Gasteiger partial charge in [-0.3, -0.25) is 0 Å². The molecule has 0 radical (unpaired) electrons. The van der Waals surface area contributed by atoms with Gasteiger partial charge in [-0.05, 0) is 43.3 Å². The zero-order valence-corrected chi connectivity index (χ0v) is 11.5. The molecule has 0 aliphatic heterocycles. The number of benzene rings is 2. The van der Waals surface area contributed by atoms with Crippen LogP contribution in [-0.4, -0.2) is 7.05 Å². The van der Waals surface area contributed by atoms with E-state index in [2.05, 4.69) is 12.2 Å². The number of hydrogen-bond donors (Lipinski definition) is 1. The summed E-state index contributed by atoms with van der Waals surface area (Å²) in [7, 11) is 1.92. The zero-order chi connectivity index (χ0) is 14.5. The van der Waals surface area contributed by atoms with Crippen molar-refractivity contribution in [2.24, 2.45) is 0 Å². The van der Waals surface area contributed by atoms with Crippen LogP contribution in [0.3, 0.4) is 0 Å². The van der Waals surface area contributed by atoms with Crippen LogP contribution in [0.4, 0.5) is 8.78 Å². The molecule has 1 atom stereocenters. The van der Waals surface area contributed by atoms with E-state index in [1.807, 2.05) is 31.3 Å². The lowest BCUT2D eigenvalue weighted by Crippen LogP contribution is -2.14. The smallest absolute Gasteiger partial charge is 0.162 e. The van der Waals surface area contributed by atoms with Crippen molar-refractivity contribution in [1.82, 2.24) is 5.32 Å². The van der Waals surface area contributed by atoms with Crippen LogP contribution in [0.1, 0.15) is 24.9 Å². The van der Waals surface area contributed by atoms with Gasteiger partial charge in [-0.15, -0.1) is 0 Å². The predicted octanol–water partition coefficient (Wildman–Crippen LogP) is 4.43. The van der Waals surface area contributed by atoms with Crippen molar-refractivity contribution >= 4 is 0 Å². The quantitative estimate of drug-likeness (QED) is 0.873. The number of halogens is 2. The third-order valence-corrected chi connectivity index (χ3v) is 3.17. The van der Waals surface area contributed by atoms with Gasteiger partial charge in [-0.25, -0.2) is 8.78 Å². The minimum Gasteiger partial charge on any atom is -0.457 e. The Balaban J connectivity index is 2.12. The summed E-state index contributed by atoms with van der Waals surface area (Å²) in [5, 5.41) is 3.22. The maximum absolute atomic E-state index is 13.1. The molecule has 2 rings (SSSR count). The highest BCUT2D eigenvalue weighted by Gasteiger charge is 2.07. The number of ether oxygens (including phenoxy) is 1. The Kier molecular flexibility index (Phi) is 4.69. The van der Waals surface area contributed by atoms with Gasteiger partial charge in [-0.2, -0.15) is 0 Å². The fourth-order valence-electron chi connectivity index (χ4n) is 2.05. The van der Waals surface area contributed by atoms with E-state index in [1.165, 1.54) is 6.07 Å². The molecule has 1 N–H and O–H groups in total. The van der Waals surface area contributed by atoms with Crippen LogP contribution in [0, 0.1) is 11.6 Å². The normalized spacial score (nSPS) is 12.2. The molecule has 0 saturated heterocycles. The molecule has 0 spiro atoms. The second kappa shape index (κ2) is 6.48. The molecular weight excluding hydrogens is 260 g/mol. The van der Waals surface area contributed by atoms with E-state index in [0.29, 0.717) is 11.8 Å². The predicted molar refractivity (Wildman–Crippen MR) is 75.0 cm³/mol. The van der Waals surface area contributed by atoms with Gasteiger partial charge < -0.3 is 10.1 Å².